The molecule has 0 spiro atoms. The van der Waals surface area contributed by atoms with Crippen molar-refractivity contribution in [2.45, 2.75) is 6.92 Å². The van der Waals surface area contributed by atoms with Gasteiger partial charge >= 0.3 is 35.5 Å². The number of carbonyl (C=O) groups is 1. The van der Waals surface area contributed by atoms with E-state index in [0.29, 0.717) is 0 Å². The van der Waals surface area contributed by atoms with Gasteiger partial charge in [-0.15, -0.1) is 0 Å². The molecule has 0 radical (unpaired) electrons. The Balaban J connectivity index is -0.0000000600. The Kier molecular flexibility index (Phi) is 27.4. The molecule has 4 N–H and O–H groups in total. The molecule has 0 fully saturated rings. The van der Waals surface area contributed by atoms with E-state index in [1.807, 2.05) is 0 Å². The third kappa shape index (κ3) is 23.6. The zero-order chi connectivity index (χ0) is 5.86. The van der Waals surface area contributed by atoms with Gasteiger partial charge in [0.05, 0.1) is 0 Å². The maximum absolute atomic E-state index is 9.64. The third-order valence-corrected chi connectivity index (χ3v) is 0.556. The Morgan fingerprint density at radius 2 is 1.80 bits per heavy atom. The molecule has 1 unspecified atom stereocenters. The van der Waals surface area contributed by atoms with Crippen LogP contribution in [-0.4, -0.2) is 25.7 Å². The van der Waals surface area contributed by atoms with Gasteiger partial charge in [0.2, 0.25) is 0 Å². The van der Waals surface area contributed by atoms with Crippen LogP contribution in [0.5, 0.6) is 0 Å². The molecule has 0 aliphatic heterocycles. The molecule has 0 aliphatic rings. The summed E-state index contributed by atoms with van der Waals surface area (Å²) in [4.78, 5) is 9.64. The van der Waals surface area contributed by atoms with Crippen LogP contribution in [0.2, 0.25) is 0 Å². The predicted molar refractivity (Wildman–Crippen MR) is 27.9 cm³/mol. The SMILES string of the molecule is CC(=O)OS(=O)[O-].O.O.[Na+]. The van der Waals surface area contributed by atoms with E-state index in [-0.39, 0.29) is 40.5 Å². The molecular weight excluding hydrogens is 175 g/mol. The van der Waals surface area contributed by atoms with Crippen molar-refractivity contribution >= 4 is 17.3 Å². The van der Waals surface area contributed by atoms with Gasteiger partial charge in [-0.1, -0.05) is 0 Å². The molecule has 0 saturated carbocycles. The van der Waals surface area contributed by atoms with Crippen molar-refractivity contribution in [1.29, 1.82) is 0 Å². The summed E-state index contributed by atoms with van der Waals surface area (Å²) in [6.07, 6.45) is 0. The van der Waals surface area contributed by atoms with E-state index in [9.17, 15) is 13.6 Å². The average molecular weight is 182 g/mol. The van der Waals surface area contributed by atoms with E-state index >= 15 is 0 Å². The molecule has 0 bridgehead atoms. The number of hydrogen-bond acceptors (Lipinski definition) is 4. The van der Waals surface area contributed by atoms with Crippen molar-refractivity contribution in [2.75, 3.05) is 0 Å². The second kappa shape index (κ2) is 12.2. The first-order valence-electron chi connectivity index (χ1n) is 1.41. The minimum Gasteiger partial charge on any atom is -0.740 e. The summed E-state index contributed by atoms with van der Waals surface area (Å²) < 4.78 is 22.3. The van der Waals surface area contributed by atoms with Crippen molar-refractivity contribution in [1.82, 2.24) is 0 Å². The van der Waals surface area contributed by atoms with E-state index in [2.05, 4.69) is 4.18 Å². The summed E-state index contributed by atoms with van der Waals surface area (Å²) >= 11 is -2.70. The van der Waals surface area contributed by atoms with Gasteiger partial charge in [-0.05, 0) is 0 Å². The molecule has 0 saturated heterocycles. The Hall–Kier alpha value is 0.500. The fraction of sp³-hybridized carbons (Fsp3) is 0.500. The Morgan fingerprint density at radius 3 is 1.80 bits per heavy atom. The van der Waals surface area contributed by atoms with Crippen molar-refractivity contribution in [3.05, 3.63) is 0 Å². The first kappa shape index (κ1) is 22.4. The largest absolute Gasteiger partial charge is 1.00 e. The van der Waals surface area contributed by atoms with Crippen LogP contribution in [0.4, 0.5) is 0 Å². The summed E-state index contributed by atoms with van der Waals surface area (Å²) in [5.41, 5.74) is 0. The number of carbonyl (C=O) groups excluding carboxylic acids is 1. The van der Waals surface area contributed by atoms with E-state index in [1.54, 1.807) is 0 Å². The summed E-state index contributed by atoms with van der Waals surface area (Å²) in [6, 6.07) is 0. The molecule has 0 amide bonds. The van der Waals surface area contributed by atoms with Crippen LogP contribution in [0.15, 0.2) is 0 Å². The summed E-state index contributed by atoms with van der Waals surface area (Å²) in [5, 5.41) is 0. The van der Waals surface area contributed by atoms with Crippen molar-refractivity contribution < 1.29 is 58.2 Å². The van der Waals surface area contributed by atoms with Crippen LogP contribution >= 0.6 is 0 Å². The van der Waals surface area contributed by atoms with Crippen LogP contribution in [0.1, 0.15) is 6.92 Å². The van der Waals surface area contributed by atoms with E-state index in [4.69, 9.17) is 0 Å². The Bertz CT molecular complexity index is 91.9. The second-order valence-electron chi connectivity index (χ2n) is 0.779. The molecule has 0 aliphatic carbocycles. The maximum Gasteiger partial charge on any atom is 1.00 e. The van der Waals surface area contributed by atoms with Gasteiger partial charge in [-0.3, -0.25) is 4.79 Å². The molecule has 6 nitrogen and oxygen atoms in total. The molecule has 0 rings (SSSR count). The standard InChI is InChI=1S/C2H4O4S.Na.2H2O/c1-2(3)6-7(4)5;;;/h1H3,(H,4,5);;2*1H2/q;+1;;/p-1. The molecule has 0 aromatic carbocycles. The minimum atomic E-state index is -2.70. The number of rotatable bonds is 1. The van der Waals surface area contributed by atoms with Crippen LogP contribution in [0, 0.1) is 0 Å². The molecule has 1 atom stereocenters. The van der Waals surface area contributed by atoms with Crippen LogP contribution in [-0.2, 0) is 20.3 Å². The third-order valence-electron chi connectivity index (χ3n) is 0.185. The van der Waals surface area contributed by atoms with E-state index in [1.165, 1.54) is 0 Å². The van der Waals surface area contributed by atoms with Crippen molar-refractivity contribution in [3.63, 3.8) is 0 Å². The normalized spacial score (nSPS) is 9.00. The van der Waals surface area contributed by atoms with Gasteiger partial charge in [0.1, 0.15) is 11.4 Å². The van der Waals surface area contributed by atoms with Crippen LogP contribution < -0.4 is 29.6 Å². The van der Waals surface area contributed by atoms with Crippen molar-refractivity contribution in [3.8, 4) is 0 Å². The zero-order valence-corrected chi connectivity index (χ0v) is 8.36. The molecule has 10 heavy (non-hydrogen) atoms. The van der Waals surface area contributed by atoms with Crippen LogP contribution in [0.3, 0.4) is 0 Å². The maximum atomic E-state index is 9.64. The zero-order valence-electron chi connectivity index (χ0n) is 5.54. The van der Waals surface area contributed by atoms with Gasteiger partial charge in [0.15, 0.2) is 0 Å². The number of hydrogen-bond donors (Lipinski definition) is 0. The molecule has 58 valence electrons. The van der Waals surface area contributed by atoms with Crippen LogP contribution in [0.25, 0.3) is 0 Å². The summed E-state index contributed by atoms with van der Waals surface area (Å²) in [7, 11) is 0. The minimum absolute atomic E-state index is 0. The van der Waals surface area contributed by atoms with E-state index in [0.717, 1.165) is 6.92 Å². The topological polar surface area (TPSA) is 129 Å². The molecule has 8 heteroatoms. The smallest absolute Gasteiger partial charge is 0.740 e. The molecule has 0 aromatic heterocycles. The second-order valence-corrected chi connectivity index (χ2v) is 1.35. The summed E-state index contributed by atoms with van der Waals surface area (Å²) in [5.74, 6) is -0.826. The van der Waals surface area contributed by atoms with Gasteiger partial charge in [-0.2, -0.15) is 0 Å². The van der Waals surface area contributed by atoms with Gasteiger partial charge in [0, 0.05) is 6.92 Å². The predicted octanol–water partition coefficient (Wildman–Crippen LogP) is -5.30. The Labute approximate surface area is 82.3 Å². The first-order valence-corrected chi connectivity index (χ1v) is 2.41. The molecule has 0 heterocycles. The molecule has 0 aromatic rings. The summed E-state index contributed by atoms with van der Waals surface area (Å²) in [6.45, 7) is 1.01. The fourth-order valence-electron chi connectivity index (χ4n) is 0.0958. The van der Waals surface area contributed by atoms with E-state index < -0.39 is 17.3 Å². The molecular formula is C2H7NaO6S. The van der Waals surface area contributed by atoms with Gasteiger partial charge in [0.25, 0.3) is 0 Å². The first-order chi connectivity index (χ1) is 3.13. The van der Waals surface area contributed by atoms with Gasteiger partial charge < -0.3 is 19.7 Å². The van der Waals surface area contributed by atoms with Crippen molar-refractivity contribution in [2.24, 2.45) is 0 Å². The average Bonchev–Trinajstić information content (AvgIpc) is 1.27. The fourth-order valence-corrected chi connectivity index (χ4v) is 0.287. The van der Waals surface area contributed by atoms with Gasteiger partial charge in [-0.25, -0.2) is 4.21 Å². The quantitative estimate of drug-likeness (QED) is 0.296. The Morgan fingerprint density at radius 1 is 1.50 bits per heavy atom. The monoisotopic (exact) mass is 182 g/mol.